The van der Waals surface area contributed by atoms with Crippen LogP contribution in [0.25, 0.3) is 0 Å². The summed E-state index contributed by atoms with van der Waals surface area (Å²) in [5, 5.41) is 3.11. The summed E-state index contributed by atoms with van der Waals surface area (Å²) in [7, 11) is -2.93. The third kappa shape index (κ3) is 9.73. The van der Waals surface area contributed by atoms with Crippen molar-refractivity contribution in [3.05, 3.63) is 0 Å². The Morgan fingerprint density at radius 1 is 1.39 bits per heavy atom. The Kier molecular flexibility index (Phi) is 9.49. The molecule has 0 fully saturated rings. The molecule has 0 saturated carbocycles. The lowest BCUT2D eigenvalue weighted by atomic mass is 10.3. The minimum atomic E-state index is -2.93. The molecule has 0 aliphatic heterocycles. The van der Waals surface area contributed by atoms with Crippen LogP contribution in [0.2, 0.25) is 0 Å². The number of carbonyl (C=O) groups is 1. The van der Waals surface area contributed by atoms with Crippen molar-refractivity contribution in [2.45, 2.75) is 26.3 Å². The highest BCUT2D eigenvalue weighted by Crippen LogP contribution is 2.06. The van der Waals surface area contributed by atoms with Crippen LogP contribution in [0.3, 0.4) is 0 Å². The van der Waals surface area contributed by atoms with E-state index in [4.69, 9.17) is 4.74 Å². The van der Waals surface area contributed by atoms with Gasteiger partial charge in [0.25, 0.3) is 0 Å². The molecule has 108 valence electrons. The van der Waals surface area contributed by atoms with Crippen molar-refractivity contribution in [1.29, 1.82) is 0 Å². The number of ether oxygens (including phenoxy) is 1. The van der Waals surface area contributed by atoms with E-state index >= 15 is 0 Å². The van der Waals surface area contributed by atoms with E-state index in [0.29, 0.717) is 18.1 Å². The third-order valence-electron chi connectivity index (χ3n) is 2.09. The number of hydrogen-bond donors (Lipinski definition) is 1. The molecule has 0 heterocycles. The molecular formula is C11H23NO4S2. The molecule has 0 aromatic heterocycles. The number of thioether (sulfide) groups is 1. The number of hydrogen-bond acceptors (Lipinski definition) is 6. The molecule has 0 bridgehead atoms. The van der Waals surface area contributed by atoms with E-state index in [1.165, 1.54) is 18.0 Å². The summed E-state index contributed by atoms with van der Waals surface area (Å²) in [6.45, 7) is 4.89. The largest absolute Gasteiger partial charge is 0.465 e. The van der Waals surface area contributed by atoms with Gasteiger partial charge in [0.1, 0.15) is 15.9 Å². The quantitative estimate of drug-likeness (QED) is 0.472. The molecule has 0 aliphatic carbocycles. The highest BCUT2D eigenvalue weighted by molar-refractivity contribution is 8.00. The van der Waals surface area contributed by atoms with Crippen LogP contribution >= 0.6 is 11.8 Å². The molecule has 5 nitrogen and oxygen atoms in total. The van der Waals surface area contributed by atoms with Crippen LogP contribution < -0.4 is 5.32 Å². The maximum absolute atomic E-state index is 11.6. The standard InChI is InChI=1S/C11H23NO4S2/c1-4-6-12-10(11(13)16-5-2)9-17-7-8-18(3,14)15/h10,12H,4-9H2,1-3H3. The predicted octanol–water partition coefficient (Wildman–Crippen LogP) is 0.695. The number of rotatable bonds is 10. The normalized spacial score (nSPS) is 13.3. The lowest BCUT2D eigenvalue weighted by molar-refractivity contribution is -0.144. The predicted molar refractivity (Wildman–Crippen MR) is 75.8 cm³/mol. The van der Waals surface area contributed by atoms with Gasteiger partial charge in [0.15, 0.2) is 0 Å². The van der Waals surface area contributed by atoms with E-state index < -0.39 is 9.84 Å². The minimum absolute atomic E-state index is 0.140. The van der Waals surface area contributed by atoms with Gasteiger partial charge in [0.2, 0.25) is 0 Å². The smallest absolute Gasteiger partial charge is 0.323 e. The fraction of sp³-hybridized carbons (Fsp3) is 0.909. The second-order valence-corrected chi connectivity index (χ2v) is 7.37. The van der Waals surface area contributed by atoms with Crippen LogP contribution in [0.4, 0.5) is 0 Å². The fourth-order valence-electron chi connectivity index (χ4n) is 1.18. The van der Waals surface area contributed by atoms with Gasteiger partial charge in [-0.15, -0.1) is 0 Å². The molecule has 1 atom stereocenters. The third-order valence-corrected chi connectivity index (χ3v) is 4.36. The van der Waals surface area contributed by atoms with E-state index in [9.17, 15) is 13.2 Å². The average Bonchev–Trinajstić information content (AvgIpc) is 2.27. The molecule has 0 rings (SSSR count). The number of nitrogens with one attached hydrogen (secondary N) is 1. The Morgan fingerprint density at radius 2 is 2.06 bits per heavy atom. The number of carbonyl (C=O) groups excluding carboxylic acids is 1. The van der Waals surface area contributed by atoms with Crippen LogP contribution in [0, 0.1) is 0 Å². The topological polar surface area (TPSA) is 72.5 Å². The van der Waals surface area contributed by atoms with Gasteiger partial charge in [-0.05, 0) is 19.9 Å². The summed E-state index contributed by atoms with van der Waals surface area (Å²) >= 11 is 1.45. The average molecular weight is 297 g/mol. The van der Waals surface area contributed by atoms with Gasteiger partial charge < -0.3 is 10.1 Å². The molecule has 0 radical (unpaired) electrons. The number of esters is 1. The monoisotopic (exact) mass is 297 g/mol. The van der Waals surface area contributed by atoms with Crippen molar-refractivity contribution in [2.75, 3.05) is 36.7 Å². The van der Waals surface area contributed by atoms with Crippen LogP contribution in [-0.2, 0) is 19.4 Å². The number of sulfone groups is 1. The van der Waals surface area contributed by atoms with Gasteiger partial charge in [0.05, 0.1) is 12.4 Å². The zero-order valence-electron chi connectivity index (χ0n) is 11.3. The van der Waals surface area contributed by atoms with E-state index in [0.717, 1.165) is 13.0 Å². The Bertz CT molecular complexity index is 330. The van der Waals surface area contributed by atoms with Gasteiger partial charge >= 0.3 is 5.97 Å². The molecule has 1 N–H and O–H groups in total. The first-order chi connectivity index (χ1) is 8.40. The van der Waals surface area contributed by atoms with Crippen LogP contribution in [0.5, 0.6) is 0 Å². The molecule has 0 amide bonds. The van der Waals surface area contributed by atoms with Crippen LogP contribution in [-0.4, -0.2) is 57.1 Å². The van der Waals surface area contributed by atoms with Gasteiger partial charge in [-0.3, -0.25) is 4.79 Å². The van der Waals surface area contributed by atoms with Crippen molar-refractivity contribution in [2.24, 2.45) is 0 Å². The van der Waals surface area contributed by atoms with E-state index in [-0.39, 0.29) is 17.8 Å². The Morgan fingerprint density at radius 3 is 2.56 bits per heavy atom. The molecule has 0 saturated heterocycles. The second kappa shape index (κ2) is 9.63. The lowest BCUT2D eigenvalue weighted by Crippen LogP contribution is -2.40. The highest BCUT2D eigenvalue weighted by Gasteiger charge is 2.18. The first-order valence-corrected chi connectivity index (χ1v) is 9.27. The van der Waals surface area contributed by atoms with Crippen LogP contribution in [0.15, 0.2) is 0 Å². The highest BCUT2D eigenvalue weighted by atomic mass is 32.2. The molecular weight excluding hydrogens is 274 g/mol. The van der Waals surface area contributed by atoms with Crippen molar-refractivity contribution in [3.63, 3.8) is 0 Å². The van der Waals surface area contributed by atoms with Gasteiger partial charge in [-0.1, -0.05) is 6.92 Å². The molecule has 0 spiro atoms. The van der Waals surface area contributed by atoms with Gasteiger partial charge in [-0.2, -0.15) is 11.8 Å². The Hall–Kier alpha value is -0.270. The first-order valence-electron chi connectivity index (χ1n) is 6.06. The van der Waals surface area contributed by atoms with Gasteiger partial charge in [0, 0.05) is 17.8 Å². The van der Waals surface area contributed by atoms with E-state index in [1.807, 2.05) is 6.92 Å². The fourth-order valence-corrected chi connectivity index (χ4v) is 3.52. The lowest BCUT2D eigenvalue weighted by Gasteiger charge is -2.16. The van der Waals surface area contributed by atoms with Crippen molar-refractivity contribution >= 4 is 27.6 Å². The molecule has 0 aromatic carbocycles. The van der Waals surface area contributed by atoms with Crippen molar-refractivity contribution in [1.82, 2.24) is 5.32 Å². The molecule has 1 unspecified atom stereocenters. The molecule has 0 aromatic rings. The van der Waals surface area contributed by atoms with Crippen molar-refractivity contribution in [3.8, 4) is 0 Å². The molecule has 7 heteroatoms. The first kappa shape index (κ1) is 17.7. The Balaban J connectivity index is 4.04. The van der Waals surface area contributed by atoms with Crippen molar-refractivity contribution < 1.29 is 17.9 Å². The Labute approximate surface area is 114 Å². The van der Waals surface area contributed by atoms with E-state index in [2.05, 4.69) is 5.32 Å². The maximum atomic E-state index is 11.6. The van der Waals surface area contributed by atoms with Crippen LogP contribution in [0.1, 0.15) is 20.3 Å². The summed E-state index contributed by atoms with van der Waals surface area (Å²) in [5.74, 6) is 0.913. The summed E-state index contributed by atoms with van der Waals surface area (Å²) in [5.41, 5.74) is 0. The van der Waals surface area contributed by atoms with Gasteiger partial charge in [-0.25, -0.2) is 8.42 Å². The summed E-state index contributed by atoms with van der Waals surface area (Å²) < 4.78 is 26.9. The zero-order chi connectivity index (χ0) is 14.0. The second-order valence-electron chi connectivity index (χ2n) is 3.96. The molecule has 18 heavy (non-hydrogen) atoms. The maximum Gasteiger partial charge on any atom is 0.323 e. The molecule has 0 aliphatic rings. The minimum Gasteiger partial charge on any atom is -0.465 e. The summed E-state index contributed by atoms with van der Waals surface area (Å²) in [4.78, 5) is 11.6. The summed E-state index contributed by atoms with van der Waals surface area (Å²) in [6, 6.07) is -0.352. The SMILES string of the molecule is CCCNC(CSCCS(C)(=O)=O)C(=O)OCC. The van der Waals surface area contributed by atoms with E-state index in [1.54, 1.807) is 6.92 Å². The zero-order valence-corrected chi connectivity index (χ0v) is 12.9. The summed E-state index contributed by atoms with van der Waals surface area (Å²) in [6.07, 6.45) is 2.15.